The first kappa shape index (κ1) is 21.1. The number of piperazine rings is 1. The third-order valence-corrected chi connectivity index (χ3v) is 5.75. The van der Waals surface area contributed by atoms with Crippen molar-refractivity contribution >= 4 is 28.8 Å². The van der Waals surface area contributed by atoms with Crippen molar-refractivity contribution in [2.24, 2.45) is 0 Å². The van der Waals surface area contributed by atoms with E-state index in [1.165, 1.54) is 29.2 Å². The zero-order valence-electron chi connectivity index (χ0n) is 17.9. The maximum atomic E-state index is 13.4. The lowest BCUT2D eigenvalue weighted by Gasteiger charge is -2.34. The first-order valence-corrected chi connectivity index (χ1v) is 10.6. The number of carbonyl (C=O) groups excluding carboxylic acids is 2. The third-order valence-electron chi connectivity index (χ3n) is 5.75. The van der Waals surface area contributed by atoms with E-state index in [4.69, 9.17) is 0 Å². The number of anilines is 2. The zero-order chi connectivity index (χ0) is 22.0. The van der Waals surface area contributed by atoms with E-state index >= 15 is 0 Å². The molecule has 1 saturated heterocycles. The summed E-state index contributed by atoms with van der Waals surface area (Å²) >= 11 is 0. The van der Waals surface area contributed by atoms with Crippen molar-refractivity contribution in [2.75, 3.05) is 50.0 Å². The highest BCUT2D eigenvalue weighted by Crippen LogP contribution is 2.31. The van der Waals surface area contributed by atoms with Crippen molar-refractivity contribution in [3.8, 4) is 0 Å². The second-order valence-corrected chi connectivity index (χ2v) is 7.98. The van der Waals surface area contributed by atoms with Crippen LogP contribution in [0.25, 0.3) is 5.57 Å². The van der Waals surface area contributed by atoms with Crippen LogP contribution in [-0.4, -0.2) is 61.4 Å². The standard InChI is InChI=1S/C24H27FN4O2/c1-3-12-29-23(30)21(17-4-6-18(25)7-5-17)22(24(29)31)26-19-8-10-20(11-9-19)28-15-13-27(2)14-16-28/h4-11,26H,3,12-16H2,1-2H3. The Morgan fingerprint density at radius 1 is 0.903 bits per heavy atom. The van der Waals surface area contributed by atoms with Crippen LogP contribution in [0.3, 0.4) is 0 Å². The molecule has 2 aliphatic heterocycles. The van der Waals surface area contributed by atoms with E-state index in [-0.39, 0.29) is 28.9 Å². The van der Waals surface area contributed by atoms with Gasteiger partial charge >= 0.3 is 0 Å². The van der Waals surface area contributed by atoms with Crippen molar-refractivity contribution in [3.05, 3.63) is 65.6 Å². The number of likely N-dealkylation sites (N-methyl/N-ethyl adjacent to an activating group) is 1. The van der Waals surface area contributed by atoms with Crippen LogP contribution in [0.4, 0.5) is 15.8 Å². The molecule has 0 atom stereocenters. The lowest BCUT2D eigenvalue weighted by Crippen LogP contribution is -2.44. The SMILES string of the molecule is CCCN1C(=O)C(Nc2ccc(N3CCN(C)CC3)cc2)=C(c2ccc(F)cc2)C1=O. The van der Waals surface area contributed by atoms with Gasteiger partial charge in [-0.25, -0.2) is 4.39 Å². The Morgan fingerprint density at radius 2 is 1.55 bits per heavy atom. The van der Waals surface area contributed by atoms with Crippen molar-refractivity contribution < 1.29 is 14.0 Å². The molecule has 1 N–H and O–H groups in total. The Kier molecular flexibility index (Phi) is 6.04. The minimum atomic E-state index is -0.388. The molecule has 0 bridgehead atoms. The van der Waals surface area contributed by atoms with E-state index in [1.54, 1.807) is 0 Å². The maximum absolute atomic E-state index is 13.4. The van der Waals surface area contributed by atoms with Crippen molar-refractivity contribution in [3.63, 3.8) is 0 Å². The Hall–Kier alpha value is -3.19. The fraction of sp³-hybridized carbons (Fsp3) is 0.333. The zero-order valence-corrected chi connectivity index (χ0v) is 17.9. The van der Waals surface area contributed by atoms with Crippen LogP contribution >= 0.6 is 0 Å². The molecule has 2 aromatic carbocycles. The molecule has 2 aliphatic rings. The van der Waals surface area contributed by atoms with Crippen LogP contribution in [0.1, 0.15) is 18.9 Å². The number of imide groups is 1. The molecule has 2 aromatic rings. The van der Waals surface area contributed by atoms with E-state index in [2.05, 4.69) is 22.2 Å². The molecule has 7 heteroatoms. The van der Waals surface area contributed by atoms with Gasteiger partial charge in [-0.1, -0.05) is 19.1 Å². The third kappa shape index (κ3) is 4.32. The van der Waals surface area contributed by atoms with Gasteiger partial charge in [0.2, 0.25) is 0 Å². The van der Waals surface area contributed by atoms with Crippen LogP contribution in [0.5, 0.6) is 0 Å². The molecule has 2 heterocycles. The van der Waals surface area contributed by atoms with E-state index in [9.17, 15) is 14.0 Å². The molecule has 162 valence electrons. The Labute approximate surface area is 181 Å². The maximum Gasteiger partial charge on any atom is 0.278 e. The molecule has 0 radical (unpaired) electrons. The smallest absolute Gasteiger partial charge is 0.278 e. The Morgan fingerprint density at radius 3 is 2.16 bits per heavy atom. The molecule has 1 fully saturated rings. The van der Waals surface area contributed by atoms with E-state index in [0.29, 0.717) is 18.5 Å². The fourth-order valence-corrected chi connectivity index (χ4v) is 3.97. The minimum Gasteiger partial charge on any atom is -0.369 e. The monoisotopic (exact) mass is 422 g/mol. The lowest BCUT2D eigenvalue weighted by molar-refractivity contribution is -0.136. The average molecular weight is 423 g/mol. The number of halogens is 1. The van der Waals surface area contributed by atoms with Gasteiger partial charge in [-0.05, 0) is 55.4 Å². The Bertz CT molecular complexity index is 993. The summed E-state index contributed by atoms with van der Waals surface area (Å²) in [4.78, 5) is 31.9. The molecule has 0 spiro atoms. The van der Waals surface area contributed by atoms with Gasteiger partial charge in [0.15, 0.2) is 0 Å². The van der Waals surface area contributed by atoms with Crippen LogP contribution in [0.2, 0.25) is 0 Å². The summed E-state index contributed by atoms with van der Waals surface area (Å²) in [5, 5.41) is 3.16. The molecule has 0 aromatic heterocycles. The first-order chi connectivity index (χ1) is 15.0. The van der Waals surface area contributed by atoms with Gasteiger partial charge in [-0.15, -0.1) is 0 Å². The van der Waals surface area contributed by atoms with Gasteiger partial charge in [-0.2, -0.15) is 0 Å². The summed E-state index contributed by atoms with van der Waals surface area (Å²) in [6, 6.07) is 13.5. The summed E-state index contributed by atoms with van der Waals surface area (Å²) < 4.78 is 13.4. The number of benzene rings is 2. The molecular formula is C24H27FN4O2. The van der Waals surface area contributed by atoms with E-state index in [0.717, 1.165) is 37.6 Å². The highest BCUT2D eigenvalue weighted by molar-refractivity contribution is 6.36. The number of nitrogens with zero attached hydrogens (tertiary/aromatic N) is 3. The molecule has 31 heavy (non-hydrogen) atoms. The highest BCUT2D eigenvalue weighted by atomic mass is 19.1. The molecular weight excluding hydrogens is 395 g/mol. The van der Waals surface area contributed by atoms with Gasteiger partial charge in [0.05, 0.1) is 5.57 Å². The van der Waals surface area contributed by atoms with E-state index in [1.807, 2.05) is 31.2 Å². The Balaban J connectivity index is 1.61. The van der Waals surface area contributed by atoms with Crippen molar-refractivity contribution in [2.45, 2.75) is 13.3 Å². The molecule has 0 aliphatic carbocycles. The number of hydrogen-bond acceptors (Lipinski definition) is 5. The normalized spacial score (nSPS) is 17.6. The van der Waals surface area contributed by atoms with Gasteiger partial charge < -0.3 is 15.1 Å². The van der Waals surface area contributed by atoms with Crippen molar-refractivity contribution in [1.82, 2.24) is 9.80 Å². The van der Waals surface area contributed by atoms with Crippen LogP contribution in [0.15, 0.2) is 54.2 Å². The lowest BCUT2D eigenvalue weighted by atomic mass is 10.0. The molecule has 0 unspecified atom stereocenters. The average Bonchev–Trinajstić information content (AvgIpc) is 3.00. The summed E-state index contributed by atoms with van der Waals surface area (Å²) in [6.07, 6.45) is 0.668. The number of rotatable bonds is 6. The number of nitrogens with one attached hydrogen (secondary N) is 1. The quantitative estimate of drug-likeness (QED) is 0.725. The molecule has 2 amide bonds. The van der Waals surface area contributed by atoms with Gasteiger partial charge in [0, 0.05) is 44.1 Å². The predicted molar refractivity (Wildman–Crippen MR) is 120 cm³/mol. The topological polar surface area (TPSA) is 55.9 Å². The first-order valence-electron chi connectivity index (χ1n) is 10.6. The summed E-state index contributed by atoms with van der Waals surface area (Å²) in [5.41, 5.74) is 2.90. The van der Waals surface area contributed by atoms with Crippen molar-refractivity contribution in [1.29, 1.82) is 0 Å². The van der Waals surface area contributed by atoms with E-state index < -0.39 is 0 Å². The summed E-state index contributed by atoms with van der Waals surface area (Å²) in [5.74, 6) is -1.09. The van der Waals surface area contributed by atoms with Gasteiger partial charge in [-0.3, -0.25) is 14.5 Å². The largest absolute Gasteiger partial charge is 0.369 e. The second kappa shape index (κ2) is 8.89. The summed E-state index contributed by atoms with van der Waals surface area (Å²) in [6.45, 7) is 6.26. The summed E-state index contributed by atoms with van der Waals surface area (Å²) in [7, 11) is 2.12. The fourth-order valence-electron chi connectivity index (χ4n) is 3.97. The second-order valence-electron chi connectivity index (χ2n) is 7.98. The number of amides is 2. The number of hydrogen-bond donors (Lipinski definition) is 1. The highest BCUT2D eigenvalue weighted by Gasteiger charge is 2.38. The van der Waals surface area contributed by atoms with Crippen LogP contribution in [0, 0.1) is 5.82 Å². The molecule has 0 saturated carbocycles. The van der Waals surface area contributed by atoms with Crippen LogP contribution in [-0.2, 0) is 9.59 Å². The molecule has 4 rings (SSSR count). The molecule has 6 nitrogen and oxygen atoms in total. The predicted octanol–water partition coefficient (Wildman–Crippen LogP) is 3.18. The van der Waals surface area contributed by atoms with Gasteiger partial charge in [0.25, 0.3) is 11.8 Å². The minimum absolute atomic E-state index is 0.234. The van der Waals surface area contributed by atoms with Crippen LogP contribution < -0.4 is 10.2 Å². The number of carbonyl (C=O) groups is 2. The van der Waals surface area contributed by atoms with Gasteiger partial charge in [0.1, 0.15) is 11.5 Å².